The lowest BCUT2D eigenvalue weighted by molar-refractivity contribution is 0.183. The molecule has 26 heavy (non-hydrogen) atoms. The van der Waals surface area contributed by atoms with Crippen LogP contribution in [-0.4, -0.2) is 38.7 Å². The Morgan fingerprint density at radius 2 is 1.46 bits per heavy atom. The van der Waals surface area contributed by atoms with E-state index in [9.17, 15) is 8.42 Å². The second-order valence-corrected chi connectivity index (χ2v) is 9.49. The van der Waals surface area contributed by atoms with Crippen LogP contribution in [0, 0.1) is 0 Å². The van der Waals surface area contributed by atoms with Gasteiger partial charge in [0.25, 0.3) is 0 Å². The average Bonchev–Trinajstić information content (AvgIpc) is 2.69. The summed E-state index contributed by atoms with van der Waals surface area (Å²) in [6.45, 7) is 0.840. The lowest BCUT2D eigenvalue weighted by Crippen LogP contribution is -2.36. The third-order valence-corrected chi connectivity index (χ3v) is 7.43. The van der Waals surface area contributed by atoms with Gasteiger partial charge in [0, 0.05) is 6.04 Å². The standard InChI is InChI=1S/C22H29NO2S/c1-23(17-8-18-26(24,25)22-11-6-3-7-12-22)21-15-13-20(14-16-21)19-9-4-2-5-10-19/h2-7,9-12,20-21H,8,13-18H2,1H3. The summed E-state index contributed by atoms with van der Waals surface area (Å²) in [4.78, 5) is 2.80. The van der Waals surface area contributed by atoms with Gasteiger partial charge in [0.2, 0.25) is 0 Å². The molecule has 2 aromatic rings. The van der Waals surface area contributed by atoms with E-state index in [-0.39, 0.29) is 5.75 Å². The maximum absolute atomic E-state index is 12.4. The number of nitrogens with zero attached hydrogens (tertiary/aromatic N) is 1. The van der Waals surface area contributed by atoms with Crippen molar-refractivity contribution in [2.45, 2.75) is 49.0 Å². The second-order valence-electron chi connectivity index (χ2n) is 7.38. The molecule has 0 spiro atoms. The van der Waals surface area contributed by atoms with E-state index < -0.39 is 9.84 Å². The molecule has 0 saturated heterocycles. The minimum Gasteiger partial charge on any atom is -0.303 e. The van der Waals surface area contributed by atoms with Gasteiger partial charge in [-0.15, -0.1) is 0 Å². The molecule has 0 unspecified atom stereocenters. The van der Waals surface area contributed by atoms with E-state index in [1.807, 2.05) is 6.07 Å². The third kappa shape index (κ3) is 4.95. The van der Waals surface area contributed by atoms with Crippen LogP contribution in [0.2, 0.25) is 0 Å². The van der Waals surface area contributed by atoms with Gasteiger partial charge in [-0.1, -0.05) is 48.5 Å². The van der Waals surface area contributed by atoms with E-state index in [0.29, 0.717) is 23.3 Å². The highest BCUT2D eigenvalue weighted by molar-refractivity contribution is 7.91. The number of sulfone groups is 1. The van der Waals surface area contributed by atoms with Crippen LogP contribution in [0.4, 0.5) is 0 Å². The van der Waals surface area contributed by atoms with Crippen molar-refractivity contribution in [3.05, 3.63) is 66.2 Å². The van der Waals surface area contributed by atoms with Gasteiger partial charge in [0.05, 0.1) is 10.6 Å². The molecular formula is C22H29NO2S. The van der Waals surface area contributed by atoms with E-state index in [1.165, 1.54) is 31.2 Å². The van der Waals surface area contributed by atoms with Gasteiger partial charge in [-0.3, -0.25) is 0 Å². The Morgan fingerprint density at radius 1 is 0.885 bits per heavy atom. The zero-order chi connectivity index (χ0) is 18.4. The van der Waals surface area contributed by atoms with Gasteiger partial charge >= 0.3 is 0 Å². The molecule has 3 rings (SSSR count). The summed E-state index contributed by atoms with van der Waals surface area (Å²) < 4.78 is 24.7. The van der Waals surface area contributed by atoms with Gasteiger partial charge < -0.3 is 4.90 Å². The Balaban J connectivity index is 1.44. The zero-order valence-electron chi connectivity index (χ0n) is 15.5. The van der Waals surface area contributed by atoms with Crippen LogP contribution in [0.1, 0.15) is 43.6 Å². The van der Waals surface area contributed by atoms with E-state index in [4.69, 9.17) is 0 Å². The second kappa shape index (κ2) is 8.83. The predicted molar refractivity (Wildman–Crippen MR) is 107 cm³/mol. The van der Waals surface area contributed by atoms with Crippen molar-refractivity contribution >= 4 is 9.84 Å². The SMILES string of the molecule is CN(CCCS(=O)(=O)c1ccccc1)C1CCC(c2ccccc2)CC1. The summed E-state index contributed by atoms with van der Waals surface area (Å²) in [5.74, 6) is 0.903. The predicted octanol–water partition coefficient (Wildman–Crippen LogP) is 4.51. The van der Waals surface area contributed by atoms with Crippen molar-refractivity contribution in [2.24, 2.45) is 0 Å². The summed E-state index contributed by atoms with van der Waals surface area (Å²) in [6, 6.07) is 20.2. The molecule has 0 radical (unpaired) electrons. The Kier molecular flexibility index (Phi) is 6.49. The molecule has 1 aliphatic carbocycles. The molecule has 1 aliphatic rings. The van der Waals surface area contributed by atoms with Gasteiger partial charge in [-0.2, -0.15) is 0 Å². The normalized spacial score (nSPS) is 21.0. The monoisotopic (exact) mass is 371 g/mol. The Labute approximate surface area is 158 Å². The molecule has 0 heterocycles. The molecular weight excluding hydrogens is 342 g/mol. The molecule has 0 bridgehead atoms. The third-order valence-electron chi connectivity index (χ3n) is 5.62. The summed E-state index contributed by atoms with van der Waals surface area (Å²) in [5.41, 5.74) is 1.46. The first-order chi connectivity index (χ1) is 12.6. The smallest absolute Gasteiger partial charge is 0.178 e. The van der Waals surface area contributed by atoms with Crippen molar-refractivity contribution in [3.63, 3.8) is 0 Å². The van der Waals surface area contributed by atoms with Crippen molar-refractivity contribution in [1.29, 1.82) is 0 Å². The van der Waals surface area contributed by atoms with Crippen LogP contribution in [0.5, 0.6) is 0 Å². The fourth-order valence-corrected chi connectivity index (χ4v) is 5.32. The van der Waals surface area contributed by atoms with Gasteiger partial charge in [-0.05, 0) is 69.3 Å². The lowest BCUT2D eigenvalue weighted by Gasteiger charge is -2.35. The Morgan fingerprint density at radius 3 is 2.08 bits per heavy atom. The Hall–Kier alpha value is -1.65. The molecule has 1 saturated carbocycles. The molecule has 1 fully saturated rings. The van der Waals surface area contributed by atoms with E-state index in [2.05, 4.69) is 42.3 Å². The summed E-state index contributed by atoms with van der Waals surface area (Å²) in [5, 5.41) is 0. The molecule has 2 aromatic carbocycles. The maximum Gasteiger partial charge on any atom is 0.178 e. The molecule has 0 amide bonds. The summed E-state index contributed by atoms with van der Waals surface area (Å²) in [7, 11) is -1.02. The average molecular weight is 372 g/mol. The van der Waals surface area contributed by atoms with Gasteiger partial charge in [0.15, 0.2) is 9.84 Å². The van der Waals surface area contributed by atoms with Crippen molar-refractivity contribution in [2.75, 3.05) is 19.3 Å². The van der Waals surface area contributed by atoms with E-state index in [0.717, 1.165) is 6.54 Å². The highest BCUT2D eigenvalue weighted by Crippen LogP contribution is 2.34. The minimum absolute atomic E-state index is 0.223. The van der Waals surface area contributed by atoms with Crippen LogP contribution < -0.4 is 0 Å². The first-order valence-corrected chi connectivity index (χ1v) is 11.2. The van der Waals surface area contributed by atoms with Gasteiger partial charge in [0.1, 0.15) is 0 Å². The molecule has 0 atom stereocenters. The fraction of sp³-hybridized carbons (Fsp3) is 0.455. The van der Waals surface area contributed by atoms with Crippen LogP contribution in [-0.2, 0) is 9.84 Å². The maximum atomic E-state index is 12.4. The molecule has 0 aromatic heterocycles. The molecule has 140 valence electrons. The Bertz CT molecular complexity index is 766. The number of rotatable bonds is 7. The molecule has 0 aliphatic heterocycles. The first kappa shape index (κ1) is 19.1. The van der Waals surface area contributed by atoms with E-state index in [1.54, 1.807) is 24.3 Å². The largest absolute Gasteiger partial charge is 0.303 e. The van der Waals surface area contributed by atoms with Crippen LogP contribution in [0.3, 0.4) is 0 Å². The van der Waals surface area contributed by atoms with Crippen molar-refractivity contribution < 1.29 is 8.42 Å². The quantitative estimate of drug-likeness (QED) is 0.719. The van der Waals surface area contributed by atoms with Crippen molar-refractivity contribution in [1.82, 2.24) is 4.90 Å². The minimum atomic E-state index is -3.16. The molecule has 3 nitrogen and oxygen atoms in total. The molecule has 0 N–H and O–H groups in total. The zero-order valence-corrected chi connectivity index (χ0v) is 16.4. The molecule has 4 heteroatoms. The number of benzene rings is 2. The number of hydrogen-bond acceptors (Lipinski definition) is 3. The number of hydrogen-bond donors (Lipinski definition) is 0. The van der Waals surface area contributed by atoms with Crippen LogP contribution in [0.25, 0.3) is 0 Å². The highest BCUT2D eigenvalue weighted by atomic mass is 32.2. The van der Waals surface area contributed by atoms with Crippen LogP contribution >= 0.6 is 0 Å². The first-order valence-electron chi connectivity index (χ1n) is 9.59. The topological polar surface area (TPSA) is 37.4 Å². The lowest BCUT2D eigenvalue weighted by atomic mass is 9.81. The fourth-order valence-electron chi connectivity index (χ4n) is 4.01. The summed E-state index contributed by atoms with van der Waals surface area (Å²) >= 11 is 0. The van der Waals surface area contributed by atoms with Crippen molar-refractivity contribution in [3.8, 4) is 0 Å². The van der Waals surface area contributed by atoms with Gasteiger partial charge in [-0.25, -0.2) is 8.42 Å². The van der Waals surface area contributed by atoms with E-state index >= 15 is 0 Å². The summed E-state index contributed by atoms with van der Waals surface area (Å²) in [6.07, 6.45) is 5.53. The van der Waals surface area contributed by atoms with Crippen LogP contribution in [0.15, 0.2) is 65.6 Å². The highest BCUT2D eigenvalue weighted by Gasteiger charge is 2.25.